The molecule has 0 amide bonds. The Labute approximate surface area is 68.7 Å². The van der Waals surface area contributed by atoms with E-state index >= 15 is 0 Å². The summed E-state index contributed by atoms with van der Waals surface area (Å²) >= 11 is 0. The highest BCUT2D eigenvalue weighted by molar-refractivity contribution is 4.80. The maximum absolute atomic E-state index is 12.7. The van der Waals surface area contributed by atoms with Gasteiger partial charge in [0.05, 0.1) is 13.2 Å². The fourth-order valence-electron chi connectivity index (χ4n) is 0.649. The maximum Gasteiger partial charge on any atom is 0.156 e. The molecule has 0 spiro atoms. The number of alkyl halides is 1. The van der Waals surface area contributed by atoms with E-state index in [1.54, 1.807) is 0 Å². The molecule has 0 saturated carbocycles. The van der Waals surface area contributed by atoms with Crippen LogP contribution in [-0.4, -0.2) is 63.2 Å². The van der Waals surface area contributed by atoms with Gasteiger partial charge in [0.1, 0.15) is 18.3 Å². The summed E-state index contributed by atoms with van der Waals surface area (Å²) in [7, 11) is 0. The molecule has 0 rings (SSSR count). The molecule has 74 valence electrons. The monoisotopic (exact) mass is 184 g/mol. The lowest BCUT2D eigenvalue weighted by Gasteiger charge is -2.22. The third-order valence-corrected chi connectivity index (χ3v) is 1.46. The number of aliphatic hydroxyl groups excluding tert-OH is 5. The molecule has 0 heterocycles. The standard InChI is InChI=1S/C6H13FO5/c7-5(3(10)1-8)6(12)4(11)2-9/h3-6,8-12H,1-2H2/t3-,4+,5-,6+/m0/s1. The molecular formula is C6H13FO5. The normalized spacial score (nSPS) is 21.5. The molecule has 0 saturated heterocycles. The second-order valence-corrected chi connectivity index (χ2v) is 2.43. The van der Waals surface area contributed by atoms with Gasteiger partial charge in [-0.2, -0.15) is 0 Å². The molecule has 0 aliphatic heterocycles. The Morgan fingerprint density at radius 1 is 0.917 bits per heavy atom. The van der Waals surface area contributed by atoms with Gasteiger partial charge in [0.2, 0.25) is 0 Å². The quantitative estimate of drug-likeness (QED) is 0.322. The van der Waals surface area contributed by atoms with Gasteiger partial charge in [-0.15, -0.1) is 0 Å². The van der Waals surface area contributed by atoms with Crippen molar-refractivity contribution in [3.63, 3.8) is 0 Å². The van der Waals surface area contributed by atoms with Crippen molar-refractivity contribution >= 4 is 0 Å². The van der Waals surface area contributed by atoms with Crippen molar-refractivity contribution in [2.75, 3.05) is 13.2 Å². The van der Waals surface area contributed by atoms with E-state index in [0.29, 0.717) is 0 Å². The highest BCUT2D eigenvalue weighted by atomic mass is 19.1. The molecule has 5 nitrogen and oxygen atoms in total. The van der Waals surface area contributed by atoms with Crippen molar-refractivity contribution in [1.29, 1.82) is 0 Å². The number of hydrogen-bond donors (Lipinski definition) is 5. The van der Waals surface area contributed by atoms with Gasteiger partial charge in [-0.3, -0.25) is 0 Å². The van der Waals surface area contributed by atoms with Crippen molar-refractivity contribution < 1.29 is 29.9 Å². The van der Waals surface area contributed by atoms with Crippen molar-refractivity contribution in [3.05, 3.63) is 0 Å². The lowest BCUT2D eigenvalue weighted by molar-refractivity contribution is -0.0935. The highest BCUT2D eigenvalue weighted by Gasteiger charge is 2.31. The molecule has 0 aromatic heterocycles. The summed E-state index contributed by atoms with van der Waals surface area (Å²) in [4.78, 5) is 0. The summed E-state index contributed by atoms with van der Waals surface area (Å²) in [6, 6.07) is 0. The van der Waals surface area contributed by atoms with Gasteiger partial charge in [0.15, 0.2) is 6.17 Å². The molecule has 6 heteroatoms. The van der Waals surface area contributed by atoms with Crippen LogP contribution in [0.1, 0.15) is 0 Å². The molecular weight excluding hydrogens is 171 g/mol. The van der Waals surface area contributed by atoms with E-state index in [4.69, 9.17) is 25.5 Å². The average molecular weight is 184 g/mol. The first-order valence-corrected chi connectivity index (χ1v) is 3.44. The zero-order chi connectivity index (χ0) is 9.72. The van der Waals surface area contributed by atoms with Crippen LogP contribution < -0.4 is 0 Å². The van der Waals surface area contributed by atoms with Gasteiger partial charge in [-0.1, -0.05) is 0 Å². The van der Waals surface area contributed by atoms with Crippen LogP contribution in [0.5, 0.6) is 0 Å². The summed E-state index contributed by atoms with van der Waals surface area (Å²) in [5.74, 6) is 0. The first-order chi connectivity index (χ1) is 5.54. The lowest BCUT2D eigenvalue weighted by atomic mass is 10.1. The van der Waals surface area contributed by atoms with E-state index in [1.165, 1.54) is 0 Å². The summed E-state index contributed by atoms with van der Waals surface area (Å²) in [6.45, 7) is -1.66. The first kappa shape index (κ1) is 11.7. The third kappa shape index (κ3) is 3.00. The summed E-state index contributed by atoms with van der Waals surface area (Å²) in [5, 5.41) is 42.8. The summed E-state index contributed by atoms with van der Waals surface area (Å²) in [6.07, 6.45) is -7.46. The molecule has 0 aliphatic rings. The summed E-state index contributed by atoms with van der Waals surface area (Å²) < 4.78 is 12.7. The van der Waals surface area contributed by atoms with Gasteiger partial charge in [-0.25, -0.2) is 4.39 Å². The van der Waals surface area contributed by atoms with Gasteiger partial charge in [0.25, 0.3) is 0 Å². The van der Waals surface area contributed by atoms with E-state index in [0.717, 1.165) is 0 Å². The van der Waals surface area contributed by atoms with E-state index in [2.05, 4.69) is 0 Å². The molecule has 12 heavy (non-hydrogen) atoms. The van der Waals surface area contributed by atoms with Crippen molar-refractivity contribution in [2.24, 2.45) is 0 Å². The Bertz CT molecular complexity index is 109. The highest BCUT2D eigenvalue weighted by Crippen LogP contribution is 2.08. The molecule has 0 aromatic carbocycles. The zero-order valence-electron chi connectivity index (χ0n) is 6.34. The minimum atomic E-state index is -2.17. The van der Waals surface area contributed by atoms with Crippen molar-refractivity contribution in [3.8, 4) is 0 Å². The van der Waals surface area contributed by atoms with Gasteiger partial charge < -0.3 is 25.5 Å². The van der Waals surface area contributed by atoms with Gasteiger partial charge in [0, 0.05) is 0 Å². The Morgan fingerprint density at radius 2 is 1.33 bits per heavy atom. The van der Waals surface area contributed by atoms with E-state index in [1.807, 2.05) is 0 Å². The molecule has 0 aromatic rings. The van der Waals surface area contributed by atoms with Gasteiger partial charge >= 0.3 is 0 Å². The topological polar surface area (TPSA) is 101 Å². The first-order valence-electron chi connectivity index (χ1n) is 3.44. The Balaban J connectivity index is 3.99. The van der Waals surface area contributed by atoms with Crippen LogP contribution in [-0.2, 0) is 0 Å². The van der Waals surface area contributed by atoms with Crippen molar-refractivity contribution in [1.82, 2.24) is 0 Å². The fourth-order valence-corrected chi connectivity index (χ4v) is 0.649. The molecule has 5 N–H and O–H groups in total. The number of halogens is 1. The lowest BCUT2D eigenvalue weighted by Crippen LogP contribution is -2.44. The minimum absolute atomic E-state index is 0.806. The number of hydrogen-bond acceptors (Lipinski definition) is 5. The fraction of sp³-hybridized carbons (Fsp3) is 1.00. The predicted molar refractivity (Wildman–Crippen MR) is 37.1 cm³/mol. The largest absolute Gasteiger partial charge is 0.394 e. The minimum Gasteiger partial charge on any atom is -0.394 e. The van der Waals surface area contributed by atoms with E-state index in [9.17, 15) is 4.39 Å². The van der Waals surface area contributed by atoms with Crippen molar-refractivity contribution in [2.45, 2.75) is 24.5 Å². The zero-order valence-corrected chi connectivity index (χ0v) is 6.34. The molecule has 0 bridgehead atoms. The Hall–Kier alpha value is -0.270. The van der Waals surface area contributed by atoms with E-state index in [-0.39, 0.29) is 0 Å². The molecule has 0 radical (unpaired) electrons. The van der Waals surface area contributed by atoms with Crippen LogP contribution in [0.4, 0.5) is 4.39 Å². The Morgan fingerprint density at radius 3 is 1.67 bits per heavy atom. The second kappa shape index (κ2) is 5.39. The average Bonchev–Trinajstić information content (AvgIpc) is 2.12. The van der Waals surface area contributed by atoms with Crippen LogP contribution in [0.3, 0.4) is 0 Å². The van der Waals surface area contributed by atoms with Crippen LogP contribution in [0.25, 0.3) is 0 Å². The molecule has 4 atom stereocenters. The third-order valence-electron chi connectivity index (χ3n) is 1.46. The molecule has 0 aliphatic carbocycles. The van der Waals surface area contributed by atoms with Crippen LogP contribution in [0, 0.1) is 0 Å². The smallest absolute Gasteiger partial charge is 0.156 e. The molecule has 0 fully saturated rings. The van der Waals surface area contributed by atoms with Crippen LogP contribution >= 0.6 is 0 Å². The van der Waals surface area contributed by atoms with Crippen LogP contribution in [0.2, 0.25) is 0 Å². The summed E-state index contributed by atoms with van der Waals surface area (Å²) in [5.41, 5.74) is 0. The SMILES string of the molecule is OC[C@@H](O)[C@@H](O)[C@@H](F)[C@@H](O)CO. The number of aliphatic hydroxyl groups is 5. The second-order valence-electron chi connectivity index (χ2n) is 2.43. The molecule has 0 unspecified atom stereocenters. The number of rotatable bonds is 5. The maximum atomic E-state index is 12.7. The van der Waals surface area contributed by atoms with Gasteiger partial charge in [-0.05, 0) is 0 Å². The predicted octanol–water partition coefficient (Wildman–Crippen LogP) is -2.61. The Kier molecular flexibility index (Phi) is 5.27. The van der Waals surface area contributed by atoms with Crippen LogP contribution in [0.15, 0.2) is 0 Å². The van der Waals surface area contributed by atoms with E-state index < -0.39 is 37.7 Å².